The van der Waals surface area contributed by atoms with Crippen molar-refractivity contribution in [1.82, 2.24) is 15.5 Å². The number of hydrogen-bond acceptors (Lipinski definition) is 2. The molecule has 0 saturated heterocycles. The van der Waals surface area contributed by atoms with Crippen LogP contribution in [-0.2, 0) is 6.54 Å². The Morgan fingerprint density at radius 2 is 2.10 bits per heavy atom. The van der Waals surface area contributed by atoms with E-state index in [1.54, 1.807) is 18.3 Å². The largest absolute Gasteiger partial charge is 0.348 e. The summed E-state index contributed by atoms with van der Waals surface area (Å²) in [7, 11) is 0. The van der Waals surface area contributed by atoms with Crippen LogP contribution in [0, 0.1) is 0 Å². The summed E-state index contributed by atoms with van der Waals surface area (Å²) < 4.78 is 0.990. The summed E-state index contributed by atoms with van der Waals surface area (Å²) in [5.74, 6) is -0.0998. The first-order valence-electron chi connectivity index (χ1n) is 6.19. The number of carbonyl (C=O) groups is 1. The summed E-state index contributed by atoms with van der Waals surface area (Å²) in [4.78, 5) is 12.1. The van der Waals surface area contributed by atoms with Gasteiger partial charge in [0.05, 0.1) is 11.7 Å². The van der Waals surface area contributed by atoms with Gasteiger partial charge < -0.3 is 5.32 Å². The van der Waals surface area contributed by atoms with Crippen LogP contribution in [0.2, 0.25) is 0 Å². The molecule has 0 fully saturated rings. The molecule has 2 aromatic carbocycles. The minimum absolute atomic E-state index is 0.0998. The second-order valence-corrected chi connectivity index (χ2v) is 5.30. The van der Waals surface area contributed by atoms with Gasteiger partial charge in [-0.25, -0.2) is 0 Å². The lowest BCUT2D eigenvalue weighted by Gasteiger charge is -2.07. The van der Waals surface area contributed by atoms with Gasteiger partial charge >= 0.3 is 0 Å². The highest BCUT2D eigenvalue weighted by Crippen LogP contribution is 2.16. The third-order valence-corrected chi connectivity index (χ3v) is 3.87. The molecule has 0 bridgehead atoms. The fourth-order valence-corrected chi connectivity index (χ4v) is 2.42. The average molecular weight is 330 g/mol. The van der Waals surface area contributed by atoms with E-state index in [0.29, 0.717) is 12.1 Å². The lowest BCUT2D eigenvalue weighted by molar-refractivity contribution is 0.0951. The van der Waals surface area contributed by atoms with Crippen molar-refractivity contribution < 1.29 is 4.79 Å². The van der Waals surface area contributed by atoms with Gasteiger partial charge in [0, 0.05) is 22.0 Å². The maximum atomic E-state index is 12.1. The molecule has 20 heavy (non-hydrogen) atoms. The molecule has 0 unspecified atom stereocenters. The van der Waals surface area contributed by atoms with Gasteiger partial charge in [-0.15, -0.1) is 0 Å². The number of amides is 1. The Morgan fingerprint density at radius 3 is 2.95 bits per heavy atom. The molecule has 1 amide bonds. The molecule has 3 rings (SSSR count). The van der Waals surface area contributed by atoms with Crippen LogP contribution in [0.5, 0.6) is 0 Å². The number of nitrogens with zero attached hydrogens (tertiary/aromatic N) is 1. The number of benzene rings is 2. The Labute approximate surface area is 124 Å². The Balaban J connectivity index is 1.74. The van der Waals surface area contributed by atoms with Crippen LogP contribution in [0.15, 0.2) is 53.1 Å². The Hall–Kier alpha value is -2.14. The topological polar surface area (TPSA) is 57.8 Å². The number of halogens is 1. The summed E-state index contributed by atoms with van der Waals surface area (Å²) >= 11 is 3.47. The van der Waals surface area contributed by atoms with Crippen molar-refractivity contribution in [2.75, 3.05) is 0 Å². The van der Waals surface area contributed by atoms with E-state index in [2.05, 4.69) is 31.4 Å². The first kappa shape index (κ1) is 12.9. The molecule has 0 spiro atoms. The quantitative estimate of drug-likeness (QED) is 0.774. The van der Waals surface area contributed by atoms with E-state index in [0.717, 1.165) is 20.9 Å². The van der Waals surface area contributed by atoms with Crippen molar-refractivity contribution in [1.29, 1.82) is 0 Å². The van der Waals surface area contributed by atoms with Crippen LogP contribution in [0.25, 0.3) is 10.9 Å². The second kappa shape index (κ2) is 5.46. The van der Waals surface area contributed by atoms with Crippen molar-refractivity contribution in [3.05, 3.63) is 64.3 Å². The van der Waals surface area contributed by atoms with Gasteiger partial charge in [-0.1, -0.05) is 40.2 Å². The standard InChI is InChI=1S/C15H12BrN3O/c16-13-4-2-1-3-11(13)8-17-15(20)10-5-6-12-9-18-19-14(12)7-10/h1-7,9H,8H2,(H,17,20)(H,18,19). The predicted octanol–water partition coefficient (Wildman–Crippen LogP) is 3.26. The van der Waals surface area contributed by atoms with Crippen LogP contribution in [0.3, 0.4) is 0 Å². The summed E-state index contributed by atoms with van der Waals surface area (Å²) in [5.41, 5.74) is 2.52. The fourth-order valence-electron chi connectivity index (χ4n) is 2.00. The van der Waals surface area contributed by atoms with E-state index in [9.17, 15) is 4.79 Å². The van der Waals surface area contributed by atoms with E-state index in [4.69, 9.17) is 0 Å². The van der Waals surface area contributed by atoms with E-state index < -0.39 is 0 Å². The maximum Gasteiger partial charge on any atom is 0.251 e. The minimum atomic E-state index is -0.0998. The molecule has 5 heteroatoms. The van der Waals surface area contributed by atoms with Crippen molar-refractivity contribution in [3.63, 3.8) is 0 Å². The SMILES string of the molecule is O=C(NCc1ccccc1Br)c1ccc2cn[nH]c2c1. The first-order valence-corrected chi connectivity index (χ1v) is 6.98. The average Bonchev–Trinajstić information content (AvgIpc) is 2.93. The molecule has 4 nitrogen and oxygen atoms in total. The van der Waals surface area contributed by atoms with E-state index in [-0.39, 0.29) is 5.91 Å². The van der Waals surface area contributed by atoms with Gasteiger partial charge in [-0.3, -0.25) is 9.89 Å². The van der Waals surface area contributed by atoms with Crippen molar-refractivity contribution in [3.8, 4) is 0 Å². The minimum Gasteiger partial charge on any atom is -0.348 e. The third kappa shape index (κ3) is 2.58. The number of rotatable bonds is 3. The van der Waals surface area contributed by atoms with Crippen molar-refractivity contribution in [2.45, 2.75) is 6.54 Å². The zero-order valence-electron chi connectivity index (χ0n) is 10.6. The van der Waals surface area contributed by atoms with Gasteiger partial charge in [0.25, 0.3) is 5.91 Å². The first-order chi connectivity index (χ1) is 9.74. The van der Waals surface area contributed by atoms with E-state index in [1.807, 2.05) is 30.3 Å². The van der Waals surface area contributed by atoms with Gasteiger partial charge in [0.1, 0.15) is 0 Å². The highest BCUT2D eigenvalue weighted by Gasteiger charge is 2.07. The molecule has 1 heterocycles. The zero-order chi connectivity index (χ0) is 13.9. The normalized spacial score (nSPS) is 10.7. The highest BCUT2D eigenvalue weighted by atomic mass is 79.9. The van der Waals surface area contributed by atoms with Gasteiger partial charge in [0.2, 0.25) is 0 Å². The number of nitrogens with one attached hydrogen (secondary N) is 2. The molecule has 1 aromatic heterocycles. The molecule has 0 saturated carbocycles. The second-order valence-electron chi connectivity index (χ2n) is 4.45. The summed E-state index contributed by atoms with van der Waals surface area (Å²) in [6, 6.07) is 13.3. The van der Waals surface area contributed by atoms with Gasteiger partial charge in [-0.05, 0) is 23.8 Å². The van der Waals surface area contributed by atoms with Crippen molar-refractivity contribution in [2.24, 2.45) is 0 Å². The molecule has 0 aliphatic carbocycles. The smallest absolute Gasteiger partial charge is 0.251 e. The molecule has 0 atom stereocenters. The molecular formula is C15H12BrN3O. The Bertz CT molecular complexity index is 766. The molecular weight excluding hydrogens is 318 g/mol. The zero-order valence-corrected chi connectivity index (χ0v) is 12.1. The van der Waals surface area contributed by atoms with E-state index in [1.165, 1.54) is 0 Å². The number of H-pyrrole nitrogens is 1. The van der Waals surface area contributed by atoms with Crippen LogP contribution in [0.4, 0.5) is 0 Å². The number of carbonyl (C=O) groups excluding carboxylic acids is 1. The lowest BCUT2D eigenvalue weighted by Crippen LogP contribution is -2.22. The number of aromatic amines is 1. The Kier molecular flexibility index (Phi) is 3.52. The van der Waals surface area contributed by atoms with Crippen LogP contribution >= 0.6 is 15.9 Å². The molecule has 3 aromatic rings. The molecule has 0 aliphatic heterocycles. The van der Waals surface area contributed by atoms with Crippen LogP contribution < -0.4 is 5.32 Å². The molecule has 2 N–H and O–H groups in total. The molecule has 100 valence electrons. The lowest BCUT2D eigenvalue weighted by atomic mass is 10.1. The molecule has 0 radical (unpaired) electrons. The fraction of sp³-hybridized carbons (Fsp3) is 0.0667. The number of aromatic nitrogens is 2. The highest BCUT2D eigenvalue weighted by molar-refractivity contribution is 9.10. The van der Waals surface area contributed by atoms with Crippen LogP contribution in [-0.4, -0.2) is 16.1 Å². The Morgan fingerprint density at radius 1 is 1.25 bits per heavy atom. The predicted molar refractivity (Wildman–Crippen MR) is 81.4 cm³/mol. The number of fused-ring (bicyclic) bond motifs is 1. The monoisotopic (exact) mass is 329 g/mol. The summed E-state index contributed by atoms with van der Waals surface area (Å²) in [6.45, 7) is 0.487. The number of hydrogen-bond donors (Lipinski definition) is 2. The van der Waals surface area contributed by atoms with E-state index >= 15 is 0 Å². The van der Waals surface area contributed by atoms with Gasteiger partial charge in [-0.2, -0.15) is 5.10 Å². The molecule has 0 aliphatic rings. The van der Waals surface area contributed by atoms with Gasteiger partial charge in [0.15, 0.2) is 0 Å². The van der Waals surface area contributed by atoms with Crippen LogP contribution in [0.1, 0.15) is 15.9 Å². The summed E-state index contributed by atoms with van der Waals surface area (Å²) in [5, 5.41) is 10.7. The third-order valence-electron chi connectivity index (χ3n) is 3.10. The summed E-state index contributed by atoms with van der Waals surface area (Å²) in [6.07, 6.45) is 1.73. The maximum absolute atomic E-state index is 12.1. The van der Waals surface area contributed by atoms with Crippen molar-refractivity contribution >= 4 is 32.7 Å².